The highest BCUT2D eigenvalue weighted by atomic mass is 32.2. The fraction of sp³-hybridized carbons (Fsp3) is 0.450. The molecule has 4 N–H and O–H groups in total. The van der Waals surface area contributed by atoms with Gasteiger partial charge in [0, 0.05) is 11.8 Å². The molecule has 1 amide bonds. The topological polar surface area (TPSA) is 75.4 Å². The fourth-order valence-electron chi connectivity index (χ4n) is 3.03. The van der Waals surface area contributed by atoms with Gasteiger partial charge < -0.3 is 16.2 Å². The fourth-order valence-corrected chi connectivity index (χ4v) is 4.27. The number of rotatable bonds is 4. The molecule has 0 saturated heterocycles. The first-order valence-electron chi connectivity index (χ1n) is 8.53. The molecular weight excluding hydrogens is 332 g/mol. The summed E-state index contributed by atoms with van der Waals surface area (Å²) >= 11 is 1.47. The van der Waals surface area contributed by atoms with Gasteiger partial charge in [-0.2, -0.15) is 0 Å². The molecule has 0 aliphatic heterocycles. The minimum absolute atomic E-state index is 0.0139. The van der Waals surface area contributed by atoms with Crippen LogP contribution < -0.4 is 11.1 Å². The van der Waals surface area contributed by atoms with Gasteiger partial charge in [0.05, 0.1) is 5.03 Å². The average molecular weight is 361 g/mol. The first kappa shape index (κ1) is 19.8. The van der Waals surface area contributed by atoms with Crippen molar-refractivity contribution < 1.29 is 9.90 Å². The quantitative estimate of drug-likeness (QED) is 0.717. The third-order valence-corrected chi connectivity index (χ3v) is 5.39. The van der Waals surface area contributed by atoms with Crippen LogP contribution in [0.5, 0.6) is 0 Å². The molecule has 0 saturated carbocycles. The molecule has 0 aromatic heterocycles. The standard InChI is InChI=1S/C20H28N2O2S/c1-12-9-10-14-7-6-8-15(20(3,4)5)18(14)19(12)25-17(11-16(21)24)22-13(2)23/h6-8,11,16,24H,9-10,21H2,1-5H3,(H,22,23)/b17-11+. The highest BCUT2D eigenvalue weighted by Gasteiger charge is 2.26. The van der Waals surface area contributed by atoms with Gasteiger partial charge >= 0.3 is 0 Å². The SMILES string of the molecule is CC(=O)N/C(=C\C(N)O)SC1=C(C)CCc2cccc(C(C)(C)C)c21. The van der Waals surface area contributed by atoms with Crippen molar-refractivity contribution in [2.75, 3.05) is 0 Å². The Labute approximate surface area is 154 Å². The highest BCUT2D eigenvalue weighted by Crippen LogP contribution is 2.45. The lowest BCUT2D eigenvalue weighted by Gasteiger charge is -2.30. The number of carbonyl (C=O) groups excluding carboxylic acids is 1. The summed E-state index contributed by atoms with van der Waals surface area (Å²) < 4.78 is 0. The molecule has 2 rings (SSSR count). The normalized spacial score (nSPS) is 16.5. The summed E-state index contributed by atoms with van der Waals surface area (Å²) in [6.45, 7) is 10.2. The lowest BCUT2D eigenvalue weighted by atomic mass is 9.79. The van der Waals surface area contributed by atoms with E-state index in [0.717, 1.165) is 17.7 Å². The van der Waals surface area contributed by atoms with E-state index in [9.17, 15) is 9.90 Å². The molecule has 4 nitrogen and oxygen atoms in total. The van der Waals surface area contributed by atoms with Crippen LogP contribution in [0.15, 0.2) is 34.9 Å². The summed E-state index contributed by atoms with van der Waals surface area (Å²) in [6.07, 6.45) is 2.37. The number of carbonyl (C=O) groups is 1. The van der Waals surface area contributed by atoms with Crippen LogP contribution in [0.3, 0.4) is 0 Å². The highest BCUT2D eigenvalue weighted by molar-refractivity contribution is 8.11. The van der Waals surface area contributed by atoms with E-state index in [-0.39, 0.29) is 11.3 Å². The van der Waals surface area contributed by atoms with E-state index in [1.807, 2.05) is 0 Å². The zero-order valence-corrected chi connectivity index (χ0v) is 16.5. The Kier molecular flexibility index (Phi) is 6.14. The van der Waals surface area contributed by atoms with Gasteiger partial charge in [-0.15, -0.1) is 0 Å². The van der Waals surface area contributed by atoms with E-state index in [0.29, 0.717) is 5.03 Å². The zero-order chi connectivity index (χ0) is 18.8. The predicted octanol–water partition coefficient (Wildman–Crippen LogP) is 3.65. The number of fused-ring (bicyclic) bond motifs is 1. The number of aliphatic hydroxyl groups excluding tert-OH is 1. The Balaban J connectivity index is 2.54. The molecule has 0 spiro atoms. The van der Waals surface area contributed by atoms with Crippen LogP contribution in [0.25, 0.3) is 4.91 Å². The van der Waals surface area contributed by atoms with Crippen LogP contribution in [-0.2, 0) is 16.6 Å². The Bertz CT molecular complexity index is 728. The molecule has 1 unspecified atom stereocenters. The summed E-state index contributed by atoms with van der Waals surface area (Å²) in [4.78, 5) is 12.7. The summed E-state index contributed by atoms with van der Waals surface area (Å²) in [6, 6.07) is 6.48. The van der Waals surface area contributed by atoms with Gasteiger partial charge in [-0.3, -0.25) is 4.79 Å². The number of nitrogens with one attached hydrogen (secondary N) is 1. The molecule has 136 valence electrons. The molecule has 25 heavy (non-hydrogen) atoms. The average Bonchev–Trinajstić information content (AvgIpc) is 2.47. The Morgan fingerprint density at radius 3 is 2.60 bits per heavy atom. The lowest BCUT2D eigenvalue weighted by molar-refractivity contribution is -0.118. The minimum Gasteiger partial charge on any atom is -0.375 e. The molecule has 1 aliphatic rings. The van der Waals surface area contributed by atoms with Gasteiger partial charge in [-0.25, -0.2) is 0 Å². The number of hydrogen-bond acceptors (Lipinski definition) is 4. The Morgan fingerprint density at radius 2 is 2.04 bits per heavy atom. The maximum atomic E-state index is 11.5. The van der Waals surface area contributed by atoms with Crippen molar-refractivity contribution in [3.8, 4) is 0 Å². The zero-order valence-electron chi connectivity index (χ0n) is 15.6. The number of hydrogen-bond donors (Lipinski definition) is 3. The van der Waals surface area contributed by atoms with E-state index in [1.165, 1.54) is 47.0 Å². The molecule has 0 bridgehead atoms. The lowest BCUT2D eigenvalue weighted by Crippen LogP contribution is -2.23. The van der Waals surface area contributed by atoms with Gasteiger partial charge in [0.25, 0.3) is 0 Å². The second kappa shape index (κ2) is 7.77. The van der Waals surface area contributed by atoms with Crippen LogP contribution >= 0.6 is 11.8 Å². The predicted molar refractivity (Wildman–Crippen MR) is 106 cm³/mol. The van der Waals surface area contributed by atoms with Gasteiger partial charge in [-0.1, -0.05) is 56.3 Å². The number of allylic oxidation sites excluding steroid dienone is 1. The van der Waals surface area contributed by atoms with Crippen LogP contribution in [0, 0.1) is 0 Å². The van der Waals surface area contributed by atoms with Crippen molar-refractivity contribution in [3.05, 3.63) is 51.6 Å². The summed E-state index contributed by atoms with van der Waals surface area (Å²) in [5.41, 5.74) is 10.7. The molecule has 1 aliphatic carbocycles. The maximum absolute atomic E-state index is 11.5. The molecular formula is C20H28N2O2S. The van der Waals surface area contributed by atoms with Gasteiger partial charge in [0.1, 0.15) is 6.23 Å². The largest absolute Gasteiger partial charge is 0.375 e. The smallest absolute Gasteiger partial charge is 0.221 e. The van der Waals surface area contributed by atoms with Crippen molar-refractivity contribution >= 4 is 22.6 Å². The monoisotopic (exact) mass is 360 g/mol. The number of nitrogens with two attached hydrogens (primary N) is 1. The number of benzene rings is 1. The van der Waals surface area contributed by atoms with E-state index in [4.69, 9.17) is 5.73 Å². The first-order chi connectivity index (χ1) is 11.6. The van der Waals surface area contributed by atoms with Crippen LogP contribution in [0.4, 0.5) is 0 Å². The molecule has 1 aromatic carbocycles. The second-order valence-electron chi connectivity index (χ2n) is 7.50. The summed E-state index contributed by atoms with van der Waals surface area (Å²) in [7, 11) is 0. The van der Waals surface area contributed by atoms with Crippen LogP contribution in [-0.4, -0.2) is 17.2 Å². The third-order valence-electron chi connectivity index (χ3n) is 4.18. The number of aryl methyl sites for hydroxylation is 1. The van der Waals surface area contributed by atoms with E-state index >= 15 is 0 Å². The molecule has 1 atom stereocenters. The van der Waals surface area contributed by atoms with Gasteiger partial charge in [-0.05, 0) is 47.9 Å². The summed E-state index contributed by atoms with van der Waals surface area (Å²) in [5.74, 6) is -0.183. The van der Waals surface area contributed by atoms with Crippen molar-refractivity contribution in [1.29, 1.82) is 0 Å². The number of thioether (sulfide) groups is 1. The molecule has 0 fully saturated rings. The van der Waals surface area contributed by atoms with Crippen LogP contribution in [0.2, 0.25) is 0 Å². The third kappa shape index (κ3) is 4.97. The van der Waals surface area contributed by atoms with Crippen molar-refractivity contribution in [2.45, 2.75) is 59.1 Å². The van der Waals surface area contributed by atoms with Gasteiger partial charge in [0.15, 0.2) is 0 Å². The van der Waals surface area contributed by atoms with E-state index < -0.39 is 6.23 Å². The summed E-state index contributed by atoms with van der Waals surface area (Å²) in [5, 5.41) is 12.9. The molecule has 0 radical (unpaired) electrons. The second-order valence-corrected chi connectivity index (χ2v) is 8.56. The van der Waals surface area contributed by atoms with Crippen molar-refractivity contribution in [1.82, 2.24) is 5.32 Å². The Hall–Kier alpha value is -1.56. The minimum atomic E-state index is -1.11. The molecule has 0 heterocycles. The first-order valence-corrected chi connectivity index (χ1v) is 9.34. The van der Waals surface area contributed by atoms with E-state index in [2.05, 4.69) is 51.2 Å². The van der Waals surface area contributed by atoms with Crippen LogP contribution in [0.1, 0.15) is 57.7 Å². The molecule has 1 aromatic rings. The van der Waals surface area contributed by atoms with Crippen molar-refractivity contribution in [2.24, 2.45) is 5.73 Å². The number of aliphatic hydroxyl groups is 1. The van der Waals surface area contributed by atoms with Crippen molar-refractivity contribution in [3.63, 3.8) is 0 Å². The van der Waals surface area contributed by atoms with Gasteiger partial charge in [0.2, 0.25) is 5.91 Å². The molecule has 5 heteroatoms. The maximum Gasteiger partial charge on any atom is 0.221 e. The van der Waals surface area contributed by atoms with E-state index in [1.54, 1.807) is 0 Å². The Morgan fingerprint density at radius 1 is 1.36 bits per heavy atom. The number of amides is 1.